The molecule has 1 aliphatic rings. The van der Waals surface area contributed by atoms with Crippen LogP contribution in [0.5, 0.6) is 5.75 Å². The highest BCUT2D eigenvalue weighted by Crippen LogP contribution is 2.33. The van der Waals surface area contributed by atoms with E-state index in [1.54, 1.807) is 19.1 Å². The quantitative estimate of drug-likeness (QED) is 0.442. The van der Waals surface area contributed by atoms with Crippen molar-refractivity contribution in [3.63, 3.8) is 0 Å². The molecule has 4 N–H and O–H groups in total. The van der Waals surface area contributed by atoms with E-state index in [0.29, 0.717) is 11.1 Å². The average molecular weight is 531 g/mol. The van der Waals surface area contributed by atoms with Gasteiger partial charge < -0.3 is 25.0 Å². The standard InChI is InChI=1S/C25H21F3N4O6/c1-13-2-5-15(8-29-13)23(37)31-11-17-18(12-31)32(10-14-3-6-16(7-4-14)25(26,27)28)24(38)20(21(17)35)22(36)30-9-19(33)34/h2-8,35H,9-12H2,1H3,(H,30,36)(H,33,34)/p+1. The SMILES string of the molecule is Cc1ccc(C(=O)N2Cc3c(O)c(C(=O)NCC(=O)O)c(=O)n(Cc4ccc(C(F)(F)F)cc4)c3C2)c[nH+]1. The molecule has 2 aromatic heterocycles. The molecule has 1 aromatic carbocycles. The first-order valence-electron chi connectivity index (χ1n) is 11.3. The summed E-state index contributed by atoms with van der Waals surface area (Å²) >= 11 is 0. The first-order valence-corrected chi connectivity index (χ1v) is 11.3. The molecule has 198 valence electrons. The highest BCUT2D eigenvalue weighted by Gasteiger charge is 2.35. The molecule has 1 aliphatic heterocycles. The van der Waals surface area contributed by atoms with Gasteiger partial charge in [0.05, 0.1) is 25.2 Å². The molecule has 3 aromatic rings. The number of aromatic amines is 1. The van der Waals surface area contributed by atoms with Crippen molar-refractivity contribution in [1.82, 2.24) is 14.8 Å². The van der Waals surface area contributed by atoms with Crippen LogP contribution in [0.4, 0.5) is 13.2 Å². The number of amides is 2. The summed E-state index contributed by atoms with van der Waals surface area (Å²) in [6, 6.07) is 7.35. The molecular formula is C25H22F3N4O6+. The molecule has 2 amide bonds. The summed E-state index contributed by atoms with van der Waals surface area (Å²) in [5, 5.41) is 21.8. The molecule has 0 unspecified atom stereocenters. The molecular weight excluding hydrogens is 509 g/mol. The van der Waals surface area contributed by atoms with Crippen LogP contribution in [0.2, 0.25) is 0 Å². The fourth-order valence-corrected chi connectivity index (χ4v) is 4.14. The Morgan fingerprint density at radius 2 is 1.76 bits per heavy atom. The minimum absolute atomic E-state index is 0.0985. The molecule has 38 heavy (non-hydrogen) atoms. The molecule has 0 atom stereocenters. The number of nitrogens with zero attached hydrogens (tertiary/aromatic N) is 2. The number of aromatic nitrogens is 2. The van der Waals surface area contributed by atoms with E-state index < -0.39 is 52.9 Å². The van der Waals surface area contributed by atoms with E-state index in [0.717, 1.165) is 22.4 Å². The second kappa shape index (κ2) is 10.00. The predicted molar refractivity (Wildman–Crippen MR) is 124 cm³/mol. The number of rotatable bonds is 6. The van der Waals surface area contributed by atoms with E-state index in [2.05, 4.69) is 4.98 Å². The molecule has 0 saturated heterocycles. The van der Waals surface area contributed by atoms with Gasteiger partial charge in [0.1, 0.15) is 23.4 Å². The highest BCUT2D eigenvalue weighted by molar-refractivity contribution is 5.99. The van der Waals surface area contributed by atoms with Crippen molar-refractivity contribution in [2.45, 2.75) is 32.7 Å². The number of hydrogen-bond acceptors (Lipinski definition) is 5. The zero-order valence-electron chi connectivity index (χ0n) is 19.9. The Labute approximate surface area is 213 Å². The molecule has 0 saturated carbocycles. The number of aliphatic carboxylic acids is 1. The summed E-state index contributed by atoms with van der Waals surface area (Å²) in [6.07, 6.45) is -3.06. The second-order valence-corrected chi connectivity index (χ2v) is 8.73. The minimum atomic E-state index is -4.56. The van der Waals surface area contributed by atoms with E-state index >= 15 is 0 Å². The Kier molecular flexibility index (Phi) is 6.94. The number of hydrogen-bond donors (Lipinski definition) is 3. The van der Waals surface area contributed by atoms with Crippen molar-refractivity contribution in [2.75, 3.05) is 6.54 Å². The smallest absolute Gasteiger partial charge is 0.416 e. The van der Waals surface area contributed by atoms with Gasteiger partial charge in [-0.3, -0.25) is 19.2 Å². The molecule has 4 rings (SSSR count). The fourth-order valence-electron chi connectivity index (χ4n) is 4.14. The van der Waals surface area contributed by atoms with Crippen LogP contribution in [-0.4, -0.2) is 44.0 Å². The van der Waals surface area contributed by atoms with Crippen LogP contribution in [0.25, 0.3) is 0 Å². The van der Waals surface area contributed by atoms with E-state index in [-0.39, 0.29) is 30.9 Å². The third-order valence-electron chi connectivity index (χ3n) is 6.10. The Balaban J connectivity index is 1.76. The number of aryl methyl sites for hydroxylation is 1. The van der Waals surface area contributed by atoms with E-state index in [4.69, 9.17) is 5.11 Å². The number of carboxylic acids is 1. The molecule has 0 bridgehead atoms. The fraction of sp³-hybridized carbons (Fsp3) is 0.240. The first kappa shape index (κ1) is 26.4. The topological polar surface area (TPSA) is 143 Å². The number of halogens is 3. The first-order chi connectivity index (χ1) is 17.9. The van der Waals surface area contributed by atoms with Crippen molar-refractivity contribution in [1.29, 1.82) is 0 Å². The largest absolute Gasteiger partial charge is 0.506 e. The van der Waals surface area contributed by atoms with E-state index in [9.17, 15) is 37.5 Å². The predicted octanol–water partition coefficient (Wildman–Crippen LogP) is 1.71. The van der Waals surface area contributed by atoms with Gasteiger partial charge in [-0.25, -0.2) is 4.98 Å². The van der Waals surface area contributed by atoms with Gasteiger partial charge in [-0.15, -0.1) is 0 Å². The van der Waals surface area contributed by atoms with E-state index in [1.165, 1.54) is 23.2 Å². The molecule has 0 fully saturated rings. The van der Waals surface area contributed by atoms with Gasteiger partial charge in [0.25, 0.3) is 17.4 Å². The van der Waals surface area contributed by atoms with Crippen molar-refractivity contribution in [2.24, 2.45) is 0 Å². The molecule has 13 heteroatoms. The number of alkyl halides is 3. The monoisotopic (exact) mass is 531 g/mol. The number of benzene rings is 1. The van der Waals surface area contributed by atoms with Gasteiger partial charge in [0.15, 0.2) is 11.9 Å². The molecule has 0 aliphatic carbocycles. The van der Waals surface area contributed by atoms with Gasteiger partial charge in [0, 0.05) is 24.2 Å². The van der Waals surface area contributed by atoms with Gasteiger partial charge in [0.2, 0.25) is 0 Å². The number of aromatic hydroxyl groups is 1. The number of pyridine rings is 2. The zero-order chi connectivity index (χ0) is 27.8. The summed E-state index contributed by atoms with van der Waals surface area (Å²) in [5.74, 6) is -3.64. The summed E-state index contributed by atoms with van der Waals surface area (Å²) < 4.78 is 40.0. The number of carbonyl (C=O) groups excluding carboxylic acids is 2. The van der Waals surface area contributed by atoms with Gasteiger partial charge >= 0.3 is 12.1 Å². The van der Waals surface area contributed by atoms with Crippen LogP contribution in [0.15, 0.2) is 47.4 Å². The third-order valence-corrected chi connectivity index (χ3v) is 6.10. The number of carbonyl (C=O) groups is 3. The van der Waals surface area contributed by atoms with Crippen LogP contribution in [0.1, 0.15) is 48.8 Å². The lowest BCUT2D eigenvalue weighted by atomic mass is 10.1. The van der Waals surface area contributed by atoms with E-state index in [1.807, 2.05) is 5.32 Å². The third kappa shape index (κ3) is 5.21. The maximum atomic E-state index is 13.4. The maximum Gasteiger partial charge on any atom is 0.416 e. The van der Waals surface area contributed by atoms with Crippen molar-refractivity contribution in [3.8, 4) is 5.75 Å². The summed E-state index contributed by atoms with van der Waals surface area (Å²) in [5.41, 5.74) is -0.886. The Hall–Kier alpha value is -4.68. The number of nitrogens with one attached hydrogen (secondary N) is 2. The highest BCUT2D eigenvalue weighted by atomic mass is 19.4. The molecule has 0 radical (unpaired) electrons. The van der Waals surface area contributed by atoms with Crippen LogP contribution in [0.3, 0.4) is 0 Å². The van der Waals surface area contributed by atoms with Crippen molar-refractivity contribution >= 4 is 17.8 Å². The summed E-state index contributed by atoms with van der Waals surface area (Å²) in [6.45, 7) is 0.430. The lowest BCUT2D eigenvalue weighted by Gasteiger charge is -2.16. The Morgan fingerprint density at radius 1 is 1.08 bits per heavy atom. The summed E-state index contributed by atoms with van der Waals surface area (Å²) in [7, 11) is 0. The van der Waals surface area contributed by atoms with Gasteiger partial charge in [-0.05, 0) is 23.8 Å². The number of fused-ring (bicyclic) bond motifs is 1. The molecule has 10 nitrogen and oxygen atoms in total. The van der Waals surface area contributed by atoms with Crippen LogP contribution in [0, 0.1) is 6.92 Å². The normalized spacial score (nSPS) is 12.8. The second-order valence-electron chi connectivity index (χ2n) is 8.73. The average Bonchev–Trinajstić information content (AvgIpc) is 3.31. The Morgan fingerprint density at radius 3 is 2.34 bits per heavy atom. The van der Waals surface area contributed by atoms with Crippen LogP contribution >= 0.6 is 0 Å². The minimum Gasteiger partial charge on any atom is -0.506 e. The summed E-state index contributed by atoms with van der Waals surface area (Å²) in [4.78, 5) is 54.3. The van der Waals surface area contributed by atoms with Crippen molar-refractivity contribution in [3.05, 3.63) is 92.2 Å². The van der Waals surface area contributed by atoms with Crippen LogP contribution < -0.4 is 15.9 Å². The van der Waals surface area contributed by atoms with Gasteiger partial charge in [-0.2, -0.15) is 13.2 Å². The maximum absolute atomic E-state index is 13.4. The molecule has 3 heterocycles. The van der Waals surface area contributed by atoms with Crippen LogP contribution in [-0.2, 0) is 30.6 Å². The van der Waals surface area contributed by atoms with Gasteiger partial charge in [-0.1, -0.05) is 12.1 Å². The molecule has 0 spiro atoms. The zero-order valence-corrected chi connectivity index (χ0v) is 19.9. The number of carboxylic acid groups (broad SMARTS) is 1. The number of H-pyrrole nitrogens is 1. The Bertz CT molecular complexity index is 1480. The lowest BCUT2D eigenvalue weighted by molar-refractivity contribution is -0.387. The lowest BCUT2D eigenvalue weighted by Crippen LogP contribution is -2.37. The van der Waals surface area contributed by atoms with Crippen molar-refractivity contribution < 1.29 is 42.8 Å².